The monoisotopic (exact) mass is 190 g/mol. The summed E-state index contributed by atoms with van der Waals surface area (Å²) in [5, 5.41) is 17.9. The molecule has 0 saturated heterocycles. The number of aliphatic carboxylic acids is 1. The number of nitrogens with zero attached hydrogens (tertiary/aromatic N) is 1. The van der Waals surface area contributed by atoms with E-state index in [-0.39, 0.29) is 6.42 Å². The number of carboxylic acid groups (broad SMARTS) is 1. The second kappa shape index (κ2) is 5.90. The van der Waals surface area contributed by atoms with Gasteiger partial charge in [-0.2, -0.15) is 0 Å². The van der Waals surface area contributed by atoms with Crippen LogP contribution < -0.4 is 5.73 Å². The quantitative estimate of drug-likeness (QED) is 0.505. The molecule has 4 N–H and O–H groups in total. The number of nitrogens with two attached hydrogens (primary N) is 1. The third kappa shape index (κ3) is 5.57. The van der Waals surface area contributed by atoms with Gasteiger partial charge in [-0.15, -0.1) is 0 Å². The summed E-state index contributed by atoms with van der Waals surface area (Å²) in [4.78, 5) is 12.2. The van der Waals surface area contributed by atoms with Crippen molar-refractivity contribution in [2.45, 2.75) is 25.5 Å². The average molecular weight is 190 g/mol. The molecule has 5 heteroatoms. The van der Waals surface area contributed by atoms with E-state index in [0.29, 0.717) is 6.54 Å². The van der Waals surface area contributed by atoms with Crippen molar-refractivity contribution in [1.29, 1.82) is 0 Å². The molecular formula is C8H18N2O3. The molecule has 13 heavy (non-hydrogen) atoms. The maximum atomic E-state index is 10.3. The van der Waals surface area contributed by atoms with Crippen molar-refractivity contribution in [2.75, 3.05) is 20.1 Å². The molecule has 0 aromatic carbocycles. The molecule has 0 spiro atoms. The summed E-state index contributed by atoms with van der Waals surface area (Å²) in [6.45, 7) is 3.24. The van der Waals surface area contributed by atoms with Gasteiger partial charge in [0.25, 0.3) is 0 Å². The van der Waals surface area contributed by atoms with Crippen LogP contribution in [0.5, 0.6) is 0 Å². The highest BCUT2D eigenvalue weighted by atomic mass is 16.4. The average Bonchev–Trinajstić information content (AvgIpc) is 2.03. The predicted molar refractivity (Wildman–Crippen MR) is 49.4 cm³/mol. The van der Waals surface area contributed by atoms with Crippen LogP contribution in [-0.2, 0) is 4.79 Å². The van der Waals surface area contributed by atoms with Gasteiger partial charge in [-0.05, 0) is 13.6 Å². The topological polar surface area (TPSA) is 86.8 Å². The number of hydrogen-bond acceptors (Lipinski definition) is 4. The van der Waals surface area contributed by atoms with Crippen molar-refractivity contribution in [3.8, 4) is 0 Å². The lowest BCUT2D eigenvalue weighted by atomic mass is 10.1. The normalized spacial score (nSPS) is 15.8. The molecule has 0 aliphatic rings. The summed E-state index contributed by atoms with van der Waals surface area (Å²) in [7, 11) is 1.86. The summed E-state index contributed by atoms with van der Waals surface area (Å²) in [5.74, 6) is -1.07. The molecule has 0 bridgehead atoms. The van der Waals surface area contributed by atoms with E-state index in [9.17, 15) is 9.90 Å². The van der Waals surface area contributed by atoms with Crippen LogP contribution in [0, 0.1) is 0 Å². The van der Waals surface area contributed by atoms with Gasteiger partial charge in [-0.25, -0.2) is 0 Å². The highest BCUT2D eigenvalue weighted by Gasteiger charge is 2.17. The second-order valence-corrected chi connectivity index (χ2v) is 3.19. The molecule has 0 aromatic rings. The lowest BCUT2D eigenvalue weighted by Gasteiger charge is -2.19. The highest BCUT2D eigenvalue weighted by molar-refractivity contribution is 5.73. The Labute approximate surface area is 78.1 Å². The Kier molecular flexibility index (Phi) is 5.61. The Morgan fingerprint density at radius 3 is 2.54 bits per heavy atom. The van der Waals surface area contributed by atoms with Gasteiger partial charge >= 0.3 is 5.97 Å². The van der Waals surface area contributed by atoms with E-state index in [1.54, 1.807) is 0 Å². The molecule has 0 aromatic heterocycles. The Morgan fingerprint density at radius 1 is 1.62 bits per heavy atom. The molecule has 5 nitrogen and oxygen atoms in total. The number of carbonyl (C=O) groups is 1. The zero-order chi connectivity index (χ0) is 10.4. The molecule has 1 unspecified atom stereocenters. The maximum Gasteiger partial charge on any atom is 0.320 e. The van der Waals surface area contributed by atoms with E-state index >= 15 is 0 Å². The first-order chi connectivity index (χ1) is 5.97. The molecule has 0 saturated carbocycles. The number of aliphatic hydroxyl groups is 1. The van der Waals surface area contributed by atoms with Gasteiger partial charge in [0, 0.05) is 13.0 Å². The van der Waals surface area contributed by atoms with Crippen LogP contribution >= 0.6 is 0 Å². The van der Waals surface area contributed by atoms with Gasteiger partial charge in [0.2, 0.25) is 0 Å². The molecule has 0 amide bonds. The maximum absolute atomic E-state index is 10.3. The van der Waals surface area contributed by atoms with Gasteiger partial charge in [-0.3, -0.25) is 4.79 Å². The molecule has 0 aliphatic carbocycles. The molecule has 0 heterocycles. The standard InChI is InChI=1S/C8H18N2O3/c1-3-10(2)5-6(11)4-7(9)8(12)13/h6-7,11H,3-5,9H2,1-2H3,(H,12,13)/t6?,7-/m1/s1. The van der Waals surface area contributed by atoms with Gasteiger partial charge < -0.3 is 20.8 Å². The highest BCUT2D eigenvalue weighted by Crippen LogP contribution is 1.98. The van der Waals surface area contributed by atoms with E-state index in [1.807, 2.05) is 18.9 Å². The Hall–Kier alpha value is -0.650. The first-order valence-corrected chi connectivity index (χ1v) is 4.32. The van der Waals surface area contributed by atoms with Crippen molar-refractivity contribution in [3.05, 3.63) is 0 Å². The lowest BCUT2D eigenvalue weighted by Crippen LogP contribution is -2.38. The lowest BCUT2D eigenvalue weighted by molar-refractivity contribution is -0.139. The van der Waals surface area contributed by atoms with E-state index in [1.165, 1.54) is 0 Å². The van der Waals surface area contributed by atoms with Gasteiger partial charge in [0.05, 0.1) is 6.10 Å². The summed E-state index contributed by atoms with van der Waals surface area (Å²) in [6.07, 6.45) is -0.573. The van der Waals surface area contributed by atoms with E-state index in [2.05, 4.69) is 0 Å². The summed E-state index contributed by atoms with van der Waals surface area (Å²) >= 11 is 0. The number of aliphatic hydroxyl groups excluding tert-OH is 1. The summed E-state index contributed by atoms with van der Waals surface area (Å²) < 4.78 is 0. The van der Waals surface area contributed by atoms with Crippen molar-refractivity contribution in [2.24, 2.45) is 5.73 Å². The SMILES string of the molecule is CCN(C)CC(O)C[C@@H](N)C(=O)O. The smallest absolute Gasteiger partial charge is 0.320 e. The minimum Gasteiger partial charge on any atom is -0.480 e. The van der Waals surface area contributed by atoms with Crippen LogP contribution in [0.1, 0.15) is 13.3 Å². The summed E-state index contributed by atoms with van der Waals surface area (Å²) in [6, 6.07) is -0.972. The number of likely N-dealkylation sites (N-methyl/N-ethyl adjacent to an activating group) is 1. The van der Waals surface area contributed by atoms with E-state index in [0.717, 1.165) is 6.54 Å². The fourth-order valence-electron chi connectivity index (χ4n) is 0.957. The number of carboxylic acids is 1. The fourth-order valence-corrected chi connectivity index (χ4v) is 0.957. The van der Waals surface area contributed by atoms with E-state index < -0.39 is 18.1 Å². The van der Waals surface area contributed by atoms with Crippen molar-refractivity contribution in [3.63, 3.8) is 0 Å². The zero-order valence-corrected chi connectivity index (χ0v) is 8.10. The van der Waals surface area contributed by atoms with Crippen molar-refractivity contribution in [1.82, 2.24) is 4.90 Å². The first-order valence-electron chi connectivity index (χ1n) is 4.32. The first kappa shape index (κ1) is 12.3. The van der Waals surface area contributed by atoms with Crippen molar-refractivity contribution >= 4 is 5.97 Å². The van der Waals surface area contributed by atoms with E-state index in [4.69, 9.17) is 10.8 Å². The van der Waals surface area contributed by atoms with Crippen LogP contribution in [0.4, 0.5) is 0 Å². The van der Waals surface area contributed by atoms with Crippen LogP contribution in [0.25, 0.3) is 0 Å². The minimum atomic E-state index is -1.07. The summed E-state index contributed by atoms with van der Waals surface area (Å²) in [5.41, 5.74) is 5.26. The predicted octanol–water partition coefficient (Wildman–Crippen LogP) is -0.899. The molecule has 0 radical (unpaired) electrons. The Balaban J connectivity index is 3.73. The van der Waals surface area contributed by atoms with Crippen LogP contribution in [-0.4, -0.2) is 53.4 Å². The third-order valence-corrected chi connectivity index (χ3v) is 1.91. The fraction of sp³-hybridized carbons (Fsp3) is 0.875. The van der Waals surface area contributed by atoms with Crippen LogP contribution in [0.15, 0.2) is 0 Å². The zero-order valence-electron chi connectivity index (χ0n) is 8.10. The molecule has 78 valence electrons. The molecule has 0 fully saturated rings. The van der Waals surface area contributed by atoms with Gasteiger partial charge in [0.1, 0.15) is 6.04 Å². The van der Waals surface area contributed by atoms with Crippen molar-refractivity contribution < 1.29 is 15.0 Å². The van der Waals surface area contributed by atoms with Crippen LogP contribution in [0.3, 0.4) is 0 Å². The molecular weight excluding hydrogens is 172 g/mol. The minimum absolute atomic E-state index is 0.0969. The number of rotatable bonds is 6. The molecule has 0 rings (SSSR count). The largest absolute Gasteiger partial charge is 0.480 e. The van der Waals surface area contributed by atoms with Crippen LogP contribution in [0.2, 0.25) is 0 Å². The Morgan fingerprint density at radius 2 is 2.15 bits per heavy atom. The Bertz CT molecular complexity index is 163. The molecule has 0 aliphatic heterocycles. The number of hydrogen-bond donors (Lipinski definition) is 3. The third-order valence-electron chi connectivity index (χ3n) is 1.91. The molecule has 2 atom stereocenters. The van der Waals surface area contributed by atoms with Gasteiger partial charge in [0.15, 0.2) is 0 Å². The van der Waals surface area contributed by atoms with Gasteiger partial charge in [-0.1, -0.05) is 6.92 Å². The second-order valence-electron chi connectivity index (χ2n) is 3.19.